The fourth-order valence-electron chi connectivity index (χ4n) is 0. The van der Waals surface area contributed by atoms with Crippen LogP contribution >= 0.6 is 62.6 Å². The van der Waals surface area contributed by atoms with Gasteiger partial charge in [-0.15, -0.1) is 0 Å². The molecule has 0 heterocycles. The second kappa shape index (κ2) is 43.3. The van der Waals surface area contributed by atoms with Crippen LogP contribution in [0.4, 0.5) is 0 Å². The van der Waals surface area contributed by atoms with Gasteiger partial charge < -0.3 is 154 Å². The zero-order chi connectivity index (χ0) is 36.0. The van der Waals surface area contributed by atoms with Crippen LogP contribution in [0, 0.1) is 0 Å². The molecule has 32 nitrogen and oxygen atoms in total. The first-order valence-corrected chi connectivity index (χ1v) is 17.5. The van der Waals surface area contributed by atoms with Crippen molar-refractivity contribution in [3.8, 4) is 0 Å². The maximum absolute atomic E-state index is 8.55. The Balaban J connectivity index is -0.0000000208. The number of phosphoric acid groups is 8. The molecule has 0 aliphatic carbocycles. The summed E-state index contributed by atoms with van der Waals surface area (Å²) >= 11 is 0. The summed E-state index contributed by atoms with van der Waals surface area (Å²) in [7, 11) is -43.1. The van der Waals surface area contributed by atoms with Crippen LogP contribution in [0.25, 0.3) is 0 Å². The van der Waals surface area contributed by atoms with Crippen LogP contribution in [-0.4, -0.2) is 0 Å². The molecular weight excluding hydrogens is 1620 g/mol. The van der Waals surface area contributed by atoms with Gasteiger partial charge in [0.1, 0.15) is 0 Å². The zero-order valence-corrected chi connectivity index (χ0v) is 40.4. The van der Waals surface area contributed by atoms with Crippen molar-refractivity contribution in [3.63, 3.8) is 0 Å². The molecule has 0 rings (SSSR count). The second-order valence-corrected chi connectivity index (χ2v) is 10.7. The summed E-state index contributed by atoms with van der Waals surface area (Å²) in [6, 6.07) is 0. The summed E-state index contributed by atoms with van der Waals surface area (Å²) in [5, 5.41) is 0. The van der Waals surface area contributed by atoms with E-state index >= 15 is 0 Å². The molecule has 46 heteroatoms. The van der Waals surface area contributed by atoms with Crippen LogP contribution in [0.2, 0.25) is 0 Å². The predicted octanol–water partition coefficient (Wildman–Crippen LogP) is -22.6. The van der Waals surface area contributed by atoms with Crippen molar-refractivity contribution in [1.29, 1.82) is 0 Å². The van der Waals surface area contributed by atoms with Gasteiger partial charge in [-0.1, -0.05) is 0 Å². The molecule has 0 fully saturated rings. The van der Waals surface area contributed by atoms with Crippen LogP contribution in [0.3, 0.4) is 0 Å². The molecule has 0 aromatic carbocycles. The van der Waals surface area contributed by atoms with Gasteiger partial charge in [0.15, 0.2) is 0 Å². The molecule has 0 aliphatic rings. The molecule has 46 heavy (non-hydrogen) atoms. The minimum Gasteiger partial charge on any atom is -0.822 e. The Morgan fingerprint density at radius 3 is 0.174 bits per heavy atom. The normalized spacial score (nSPS) is 10.3. The number of hydrogen-bond acceptors (Lipinski definition) is 32. The molecule has 0 unspecified atom stereocenters. The maximum Gasteiger partial charge on any atom is 4.00 e. The average Bonchev–Trinajstić information content (AvgIpc) is 2.16. The first kappa shape index (κ1) is 93.4. The van der Waals surface area contributed by atoms with Crippen LogP contribution in [0.15, 0.2) is 0 Å². The smallest absolute Gasteiger partial charge is 0.822 e. The van der Waals surface area contributed by atoms with E-state index in [1.54, 1.807) is 0 Å². The molecule has 0 N–H and O–H groups in total. The fraction of sp³-hybridized carbons (Fsp3) is 0. The Morgan fingerprint density at radius 2 is 0.174 bits per heavy atom. The predicted molar refractivity (Wildman–Crippen MR) is 60.9 cm³/mol. The standard InChI is InChI=1S/8H3O4P.3Pt.3Zr/c8*1-5(2,3)4;;;;;;/h8*(H3,1,2,3,4);;;;;;/q;;;;;;;;6*+4/p-24. The van der Waals surface area contributed by atoms with Gasteiger partial charge in [0.05, 0.1) is 0 Å². The molecule has 0 radical (unpaired) electrons. The zero-order valence-electron chi connectivity index (χ0n) is 19.1. The van der Waals surface area contributed by atoms with E-state index in [4.69, 9.17) is 154 Å². The van der Waals surface area contributed by atoms with Gasteiger partial charge in [0, 0.05) is 0 Å². The molecule has 0 saturated carbocycles. The van der Waals surface area contributed by atoms with E-state index in [0.717, 1.165) is 0 Å². The topological polar surface area (TPSA) is 690 Å². The van der Waals surface area contributed by atoms with Crippen molar-refractivity contribution in [2.45, 2.75) is 0 Å². The molecule has 0 aromatic heterocycles. The van der Waals surface area contributed by atoms with Crippen LogP contribution in [-0.2, 0) is 178 Å². The van der Waals surface area contributed by atoms with Crippen molar-refractivity contribution >= 4 is 62.6 Å². The van der Waals surface area contributed by atoms with Gasteiger partial charge >= 0.3 is 142 Å². The third kappa shape index (κ3) is 3740. The molecule has 0 bridgehead atoms. The minimum atomic E-state index is -5.39. The molecule has 0 atom stereocenters. The quantitative estimate of drug-likeness (QED) is 0.203. The largest absolute Gasteiger partial charge is 4.00 e. The second-order valence-electron chi connectivity index (χ2n) is 3.58. The van der Waals surface area contributed by atoms with E-state index in [2.05, 4.69) is 0 Å². The first-order valence-electron chi connectivity index (χ1n) is 5.84. The first-order chi connectivity index (χ1) is 16.0. The molecule has 0 saturated heterocycles. The summed E-state index contributed by atoms with van der Waals surface area (Å²) in [6.45, 7) is 0. The van der Waals surface area contributed by atoms with Gasteiger partial charge in [0.2, 0.25) is 0 Å². The van der Waals surface area contributed by atoms with Gasteiger partial charge in [-0.2, -0.15) is 62.6 Å². The Kier molecular flexibility index (Phi) is 88.0. The summed E-state index contributed by atoms with van der Waals surface area (Å²) in [5.41, 5.74) is 0. The van der Waals surface area contributed by atoms with Crippen LogP contribution < -0.4 is 117 Å². The monoisotopic (exact) mass is 1610 g/mol. The van der Waals surface area contributed by atoms with Crippen molar-refractivity contribution < 1.29 is 296 Å². The molecule has 0 spiro atoms. The SMILES string of the molecule is O=P([O-])([O-])[O-].O=P([O-])([O-])[O-].O=P([O-])([O-])[O-].O=P([O-])([O-])[O-].O=P([O-])([O-])[O-].O=P([O-])([O-])[O-].O=P([O-])([O-])[O-].O=P([O-])([O-])[O-].[Pt+4].[Pt+4].[Pt+4].[Zr+4].[Zr+4].[Zr+4]. The van der Waals surface area contributed by atoms with E-state index in [9.17, 15) is 0 Å². The van der Waals surface area contributed by atoms with Gasteiger partial charge in [-0.05, 0) is 0 Å². The fourth-order valence-corrected chi connectivity index (χ4v) is 0. The van der Waals surface area contributed by atoms with Gasteiger partial charge in [-0.3, -0.25) is 0 Å². The third-order valence-electron chi connectivity index (χ3n) is 0. The summed E-state index contributed by atoms with van der Waals surface area (Å²) in [5.74, 6) is 0. The van der Waals surface area contributed by atoms with Crippen molar-refractivity contribution in [1.82, 2.24) is 0 Å². The van der Waals surface area contributed by atoms with Crippen molar-refractivity contribution in [2.75, 3.05) is 0 Å². The van der Waals surface area contributed by atoms with E-state index in [0.29, 0.717) is 0 Å². The minimum absolute atomic E-state index is 0. The van der Waals surface area contributed by atoms with Crippen LogP contribution in [0.5, 0.6) is 0 Å². The Labute approximate surface area is 354 Å². The van der Waals surface area contributed by atoms with Gasteiger partial charge in [-0.25, -0.2) is 0 Å². The van der Waals surface area contributed by atoms with Crippen molar-refractivity contribution in [2.24, 2.45) is 0 Å². The van der Waals surface area contributed by atoms with E-state index in [1.165, 1.54) is 0 Å². The third-order valence-corrected chi connectivity index (χ3v) is 0. The van der Waals surface area contributed by atoms with E-state index in [-0.39, 0.29) is 142 Å². The van der Waals surface area contributed by atoms with E-state index in [1.807, 2.05) is 0 Å². The summed E-state index contributed by atoms with van der Waals surface area (Å²) in [6.07, 6.45) is 0. The van der Waals surface area contributed by atoms with Crippen LogP contribution in [0.1, 0.15) is 0 Å². The van der Waals surface area contributed by atoms with E-state index < -0.39 is 62.6 Å². The Bertz CT molecular complexity index is 670. The number of hydrogen-bond donors (Lipinski definition) is 0. The number of rotatable bonds is 0. The molecule has 0 aliphatic heterocycles. The Morgan fingerprint density at radius 1 is 0.174 bits per heavy atom. The van der Waals surface area contributed by atoms with Crippen molar-refractivity contribution in [3.05, 3.63) is 0 Å². The summed E-state index contributed by atoms with van der Waals surface area (Å²) in [4.78, 5) is 205. The molecule has 0 aromatic rings. The summed E-state index contributed by atoms with van der Waals surface area (Å²) < 4.78 is 68.4. The van der Waals surface area contributed by atoms with Gasteiger partial charge in [0.25, 0.3) is 0 Å². The molecule has 274 valence electrons. The maximum atomic E-state index is 8.55. The Hall–Kier alpha value is 5.59. The molecular formula is O32P8Pt3Zr3. The molecule has 0 amide bonds. The average molecular weight is 1620 g/mol.